The van der Waals surface area contributed by atoms with Gasteiger partial charge in [-0.2, -0.15) is 4.98 Å². The molecular weight excluding hydrogens is 230 g/mol. The highest BCUT2D eigenvalue weighted by Gasteiger charge is 2.33. The molecule has 1 saturated carbocycles. The number of ether oxygens (including phenoxy) is 1. The van der Waals surface area contributed by atoms with Crippen LogP contribution in [-0.2, 0) is 16.9 Å². The summed E-state index contributed by atoms with van der Waals surface area (Å²) in [6.07, 6.45) is 6.82. The number of nitrogens with zero attached hydrogens (tertiary/aromatic N) is 2. The van der Waals surface area contributed by atoms with Gasteiger partial charge in [-0.05, 0) is 26.7 Å². The molecule has 1 heterocycles. The van der Waals surface area contributed by atoms with Gasteiger partial charge in [-0.1, -0.05) is 30.8 Å². The zero-order valence-corrected chi connectivity index (χ0v) is 11.3. The number of rotatable bonds is 4. The third-order valence-electron chi connectivity index (χ3n) is 3.45. The van der Waals surface area contributed by atoms with E-state index in [1.54, 1.807) is 0 Å². The third kappa shape index (κ3) is 3.29. The maximum Gasteiger partial charge on any atom is 0.252 e. The predicted molar refractivity (Wildman–Crippen MR) is 67.8 cm³/mol. The standard InChI is InChI=1S/C13H23N3O2/c1-10(2)17-9-11-15-12(16-18-11)13(14)7-5-3-4-6-8-13/h10H,3-9,14H2,1-2H3. The van der Waals surface area contributed by atoms with E-state index in [-0.39, 0.29) is 6.10 Å². The highest BCUT2D eigenvalue weighted by atomic mass is 16.5. The van der Waals surface area contributed by atoms with E-state index in [9.17, 15) is 0 Å². The van der Waals surface area contributed by atoms with Crippen LogP contribution < -0.4 is 5.73 Å². The van der Waals surface area contributed by atoms with Gasteiger partial charge in [0, 0.05) is 0 Å². The van der Waals surface area contributed by atoms with Gasteiger partial charge in [0.15, 0.2) is 5.82 Å². The lowest BCUT2D eigenvalue weighted by Crippen LogP contribution is -2.37. The van der Waals surface area contributed by atoms with Crippen molar-refractivity contribution in [2.75, 3.05) is 0 Å². The minimum absolute atomic E-state index is 0.157. The van der Waals surface area contributed by atoms with Crippen LogP contribution in [0.4, 0.5) is 0 Å². The van der Waals surface area contributed by atoms with E-state index in [4.69, 9.17) is 15.0 Å². The molecule has 1 aliphatic rings. The average molecular weight is 253 g/mol. The molecule has 0 saturated heterocycles. The van der Waals surface area contributed by atoms with Crippen LogP contribution in [0.1, 0.15) is 64.1 Å². The van der Waals surface area contributed by atoms with Crippen molar-refractivity contribution in [3.05, 3.63) is 11.7 Å². The normalized spacial score (nSPS) is 20.0. The summed E-state index contributed by atoms with van der Waals surface area (Å²) in [7, 11) is 0. The number of nitrogens with two attached hydrogens (primary N) is 1. The Kier molecular flexibility index (Phi) is 4.35. The summed E-state index contributed by atoms with van der Waals surface area (Å²) in [6.45, 7) is 4.32. The van der Waals surface area contributed by atoms with Crippen molar-refractivity contribution in [1.29, 1.82) is 0 Å². The van der Waals surface area contributed by atoms with Crippen LogP contribution in [0.5, 0.6) is 0 Å². The molecule has 0 amide bonds. The fourth-order valence-electron chi connectivity index (χ4n) is 2.34. The summed E-state index contributed by atoms with van der Waals surface area (Å²) in [5.74, 6) is 1.17. The molecule has 2 N–H and O–H groups in total. The van der Waals surface area contributed by atoms with Gasteiger partial charge in [0.1, 0.15) is 6.61 Å². The quantitative estimate of drug-likeness (QED) is 0.834. The van der Waals surface area contributed by atoms with Crippen LogP contribution in [0.25, 0.3) is 0 Å². The minimum atomic E-state index is -0.407. The SMILES string of the molecule is CC(C)OCc1nc(C2(N)CCCCCC2)no1. The van der Waals surface area contributed by atoms with E-state index in [1.807, 2.05) is 13.8 Å². The molecular formula is C13H23N3O2. The van der Waals surface area contributed by atoms with E-state index in [2.05, 4.69) is 10.1 Å². The molecule has 1 aromatic rings. The van der Waals surface area contributed by atoms with Crippen LogP contribution in [0, 0.1) is 0 Å². The maximum atomic E-state index is 6.42. The molecule has 5 heteroatoms. The van der Waals surface area contributed by atoms with Crippen LogP contribution in [-0.4, -0.2) is 16.2 Å². The van der Waals surface area contributed by atoms with Crippen molar-refractivity contribution >= 4 is 0 Å². The van der Waals surface area contributed by atoms with E-state index < -0.39 is 5.54 Å². The average Bonchev–Trinajstić information content (AvgIpc) is 2.70. The molecule has 0 radical (unpaired) electrons. The highest BCUT2D eigenvalue weighted by molar-refractivity contribution is 5.04. The molecule has 1 fully saturated rings. The molecule has 1 aromatic heterocycles. The highest BCUT2D eigenvalue weighted by Crippen LogP contribution is 2.31. The van der Waals surface area contributed by atoms with E-state index in [1.165, 1.54) is 12.8 Å². The topological polar surface area (TPSA) is 74.2 Å². The van der Waals surface area contributed by atoms with Crippen molar-refractivity contribution in [1.82, 2.24) is 10.1 Å². The van der Waals surface area contributed by atoms with Crippen molar-refractivity contribution < 1.29 is 9.26 Å². The van der Waals surface area contributed by atoms with Gasteiger partial charge in [0.2, 0.25) is 0 Å². The molecule has 0 aromatic carbocycles. The van der Waals surface area contributed by atoms with Crippen molar-refractivity contribution in [2.45, 2.75) is 70.6 Å². The fourth-order valence-corrected chi connectivity index (χ4v) is 2.34. The molecule has 2 rings (SSSR count). The number of aromatic nitrogens is 2. The number of hydrogen-bond donors (Lipinski definition) is 1. The maximum absolute atomic E-state index is 6.42. The summed E-state index contributed by atoms with van der Waals surface area (Å²) in [6, 6.07) is 0. The lowest BCUT2D eigenvalue weighted by Gasteiger charge is -2.23. The summed E-state index contributed by atoms with van der Waals surface area (Å²) < 4.78 is 10.7. The zero-order valence-electron chi connectivity index (χ0n) is 11.3. The second kappa shape index (κ2) is 5.80. The summed E-state index contributed by atoms with van der Waals surface area (Å²) in [5.41, 5.74) is 6.02. The molecule has 0 atom stereocenters. The Morgan fingerprint density at radius 3 is 2.56 bits per heavy atom. The summed E-state index contributed by atoms with van der Waals surface area (Å²) in [4.78, 5) is 4.39. The van der Waals surface area contributed by atoms with Crippen LogP contribution in [0.15, 0.2) is 4.52 Å². The molecule has 0 aliphatic heterocycles. The first-order valence-electron chi connectivity index (χ1n) is 6.84. The Bertz CT molecular complexity index is 368. The Morgan fingerprint density at radius 1 is 1.28 bits per heavy atom. The molecule has 0 spiro atoms. The lowest BCUT2D eigenvalue weighted by molar-refractivity contribution is 0.0485. The van der Waals surface area contributed by atoms with Gasteiger partial charge in [-0.3, -0.25) is 0 Å². The van der Waals surface area contributed by atoms with Gasteiger partial charge in [-0.15, -0.1) is 0 Å². The Labute approximate surface area is 108 Å². The second-order valence-electron chi connectivity index (χ2n) is 5.44. The zero-order chi connectivity index (χ0) is 13.0. The second-order valence-corrected chi connectivity index (χ2v) is 5.44. The van der Waals surface area contributed by atoms with Crippen LogP contribution >= 0.6 is 0 Å². The Hall–Kier alpha value is -0.940. The molecule has 5 nitrogen and oxygen atoms in total. The van der Waals surface area contributed by atoms with E-state index in [0.717, 1.165) is 25.7 Å². The van der Waals surface area contributed by atoms with Crippen LogP contribution in [0.2, 0.25) is 0 Å². The van der Waals surface area contributed by atoms with Gasteiger partial charge in [0.05, 0.1) is 11.6 Å². The fraction of sp³-hybridized carbons (Fsp3) is 0.846. The van der Waals surface area contributed by atoms with E-state index >= 15 is 0 Å². The van der Waals surface area contributed by atoms with Crippen molar-refractivity contribution in [3.63, 3.8) is 0 Å². The Balaban J connectivity index is 2.03. The van der Waals surface area contributed by atoms with Crippen LogP contribution in [0.3, 0.4) is 0 Å². The van der Waals surface area contributed by atoms with Gasteiger partial charge < -0.3 is 15.0 Å². The van der Waals surface area contributed by atoms with E-state index in [0.29, 0.717) is 18.3 Å². The lowest BCUT2D eigenvalue weighted by atomic mass is 9.91. The smallest absolute Gasteiger partial charge is 0.252 e. The first-order valence-corrected chi connectivity index (χ1v) is 6.84. The van der Waals surface area contributed by atoms with Crippen molar-refractivity contribution in [2.24, 2.45) is 5.73 Å². The summed E-state index contributed by atoms with van der Waals surface area (Å²) >= 11 is 0. The first-order chi connectivity index (χ1) is 8.60. The van der Waals surface area contributed by atoms with Crippen molar-refractivity contribution in [3.8, 4) is 0 Å². The molecule has 0 bridgehead atoms. The largest absolute Gasteiger partial charge is 0.369 e. The third-order valence-corrected chi connectivity index (χ3v) is 3.45. The minimum Gasteiger partial charge on any atom is -0.369 e. The Morgan fingerprint density at radius 2 is 1.94 bits per heavy atom. The molecule has 102 valence electrons. The monoisotopic (exact) mass is 253 g/mol. The summed E-state index contributed by atoms with van der Waals surface area (Å²) in [5, 5.41) is 4.04. The van der Waals surface area contributed by atoms with Gasteiger partial charge >= 0.3 is 0 Å². The molecule has 0 unspecified atom stereocenters. The molecule has 1 aliphatic carbocycles. The van der Waals surface area contributed by atoms with Gasteiger partial charge in [0.25, 0.3) is 5.89 Å². The van der Waals surface area contributed by atoms with Gasteiger partial charge in [-0.25, -0.2) is 0 Å². The predicted octanol–water partition coefficient (Wildman–Crippen LogP) is 2.50. The first kappa shape index (κ1) is 13.5. The molecule has 18 heavy (non-hydrogen) atoms. The number of hydrogen-bond acceptors (Lipinski definition) is 5.